The van der Waals surface area contributed by atoms with Gasteiger partial charge in [-0.15, -0.1) is 0 Å². The van der Waals surface area contributed by atoms with E-state index in [0.717, 1.165) is 108 Å². The summed E-state index contributed by atoms with van der Waals surface area (Å²) in [7, 11) is -9.92. The van der Waals surface area contributed by atoms with Gasteiger partial charge in [-0.1, -0.05) is 382 Å². The van der Waals surface area contributed by atoms with Crippen molar-refractivity contribution < 1.29 is 80.2 Å². The highest BCUT2D eigenvalue weighted by Crippen LogP contribution is 2.45. The molecule has 0 saturated carbocycles. The molecule has 5 atom stereocenters. The quantitative estimate of drug-likeness (QED) is 0.0222. The topological polar surface area (TPSA) is 237 Å². The number of carbonyl (C=O) groups excluding carboxylic acids is 4. The Balaban J connectivity index is 5.24. The predicted molar refractivity (Wildman–Crippen MR) is 418 cm³/mol. The Labute approximate surface area is 626 Å². The fourth-order valence-electron chi connectivity index (χ4n) is 12.8. The van der Waals surface area contributed by atoms with Gasteiger partial charge in [-0.05, 0) is 43.4 Å². The zero-order chi connectivity index (χ0) is 75.1. The molecular weight excluding hydrogens is 1330 g/mol. The second-order valence-corrected chi connectivity index (χ2v) is 34.2. The fraction of sp³-hybridized carbons (Fsp3) is 0.952. The molecule has 0 saturated heterocycles. The van der Waals surface area contributed by atoms with Crippen molar-refractivity contribution in [3.63, 3.8) is 0 Å². The molecule has 0 bridgehead atoms. The van der Waals surface area contributed by atoms with Crippen molar-refractivity contribution in [1.29, 1.82) is 0 Å². The third kappa shape index (κ3) is 76.3. The Morgan fingerprint density at radius 3 is 0.667 bits per heavy atom. The summed E-state index contributed by atoms with van der Waals surface area (Å²) >= 11 is 0. The normalized spacial score (nSPS) is 13.9. The maximum Gasteiger partial charge on any atom is 0.472 e. The highest BCUT2D eigenvalue weighted by atomic mass is 31.2. The summed E-state index contributed by atoms with van der Waals surface area (Å²) in [6.07, 6.45) is 62.5. The van der Waals surface area contributed by atoms with Crippen LogP contribution in [0.15, 0.2) is 0 Å². The monoisotopic (exact) mass is 1490 g/mol. The molecule has 0 aliphatic carbocycles. The van der Waals surface area contributed by atoms with Crippen molar-refractivity contribution in [1.82, 2.24) is 0 Å². The Kier molecular flexibility index (Phi) is 71.8. The summed E-state index contributed by atoms with van der Waals surface area (Å²) < 4.78 is 68.8. The van der Waals surface area contributed by atoms with E-state index in [9.17, 15) is 43.2 Å². The lowest BCUT2D eigenvalue weighted by molar-refractivity contribution is -0.161. The van der Waals surface area contributed by atoms with Crippen LogP contribution >= 0.6 is 15.6 Å². The molecule has 0 radical (unpaired) electrons. The first-order valence-electron chi connectivity index (χ1n) is 42.8. The zero-order valence-corrected chi connectivity index (χ0v) is 68.9. The molecular formula is C83H162O17P2. The summed E-state index contributed by atoms with van der Waals surface area (Å²) in [5, 5.41) is 10.7. The first-order valence-corrected chi connectivity index (χ1v) is 45.8. The van der Waals surface area contributed by atoms with E-state index in [0.29, 0.717) is 25.7 Å². The molecule has 0 spiro atoms. The molecule has 0 rings (SSSR count). The number of carbonyl (C=O) groups is 4. The van der Waals surface area contributed by atoms with Gasteiger partial charge in [-0.2, -0.15) is 0 Å². The van der Waals surface area contributed by atoms with Crippen molar-refractivity contribution in [3.8, 4) is 0 Å². The van der Waals surface area contributed by atoms with E-state index in [-0.39, 0.29) is 25.7 Å². The number of hydrogen-bond acceptors (Lipinski definition) is 15. The maximum atomic E-state index is 13.1. The lowest BCUT2D eigenvalue weighted by Gasteiger charge is -2.21. The number of hydrogen-bond donors (Lipinski definition) is 3. The summed E-state index contributed by atoms with van der Waals surface area (Å²) in [5.41, 5.74) is 0. The number of aliphatic hydroxyl groups is 1. The summed E-state index contributed by atoms with van der Waals surface area (Å²) in [4.78, 5) is 73.1. The summed E-state index contributed by atoms with van der Waals surface area (Å²) in [6, 6.07) is 0. The van der Waals surface area contributed by atoms with E-state index in [1.54, 1.807) is 0 Å². The average molecular weight is 1490 g/mol. The molecule has 19 heteroatoms. The van der Waals surface area contributed by atoms with Crippen LogP contribution in [0.2, 0.25) is 0 Å². The van der Waals surface area contributed by atoms with Crippen LogP contribution in [-0.2, 0) is 65.4 Å². The Bertz CT molecular complexity index is 1970. The van der Waals surface area contributed by atoms with Gasteiger partial charge in [-0.25, -0.2) is 9.13 Å². The highest BCUT2D eigenvalue weighted by Gasteiger charge is 2.30. The van der Waals surface area contributed by atoms with Gasteiger partial charge >= 0.3 is 39.5 Å². The number of ether oxygens (including phenoxy) is 4. The zero-order valence-electron chi connectivity index (χ0n) is 67.1. The van der Waals surface area contributed by atoms with Gasteiger partial charge in [0.15, 0.2) is 12.2 Å². The first kappa shape index (κ1) is 100. The van der Waals surface area contributed by atoms with E-state index >= 15 is 0 Å². The molecule has 0 aromatic carbocycles. The summed E-state index contributed by atoms with van der Waals surface area (Å²) in [5.74, 6) is 0.182. The van der Waals surface area contributed by atoms with Crippen LogP contribution in [-0.4, -0.2) is 96.7 Å². The van der Waals surface area contributed by atoms with Crippen molar-refractivity contribution in [2.24, 2.45) is 17.8 Å². The van der Waals surface area contributed by atoms with Gasteiger partial charge in [0.25, 0.3) is 0 Å². The molecule has 0 aromatic rings. The van der Waals surface area contributed by atoms with Gasteiger partial charge in [-0.3, -0.25) is 37.3 Å². The van der Waals surface area contributed by atoms with Crippen molar-refractivity contribution in [3.05, 3.63) is 0 Å². The van der Waals surface area contributed by atoms with Gasteiger partial charge in [0.2, 0.25) is 0 Å². The number of aliphatic hydroxyl groups excluding tert-OH is 1. The predicted octanol–water partition coefficient (Wildman–Crippen LogP) is 24.9. The van der Waals surface area contributed by atoms with E-state index in [1.165, 1.54) is 244 Å². The molecule has 2 unspecified atom stereocenters. The number of unbranched alkanes of at least 4 members (excludes halogenated alkanes) is 49. The van der Waals surface area contributed by atoms with E-state index in [2.05, 4.69) is 48.5 Å². The van der Waals surface area contributed by atoms with Gasteiger partial charge in [0.05, 0.1) is 26.4 Å². The van der Waals surface area contributed by atoms with Crippen LogP contribution < -0.4 is 0 Å². The first-order chi connectivity index (χ1) is 49.2. The largest absolute Gasteiger partial charge is 0.472 e. The third-order valence-corrected chi connectivity index (χ3v) is 21.3. The summed E-state index contributed by atoms with van der Waals surface area (Å²) in [6.45, 7) is 11.9. The minimum absolute atomic E-state index is 0.106. The van der Waals surface area contributed by atoms with Crippen molar-refractivity contribution in [2.45, 2.75) is 452 Å². The highest BCUT2D eigenvalue weighted by molar-refractivity contribution is 7.47. The second-order valence-electron chi connectivity index (χ2n) is 31.3. The second kappa shape index (κ2) is 73.2. The molecule has 0 amide bonds. The fourth-order valence-corrected chi connectivity index (χ4v) is 14.4. The van der Waals surface area contributed by atoms with Crippen molar-refractivity contribution >= 4 is 39.5 Å². The minimum atomic E-state index is -4.96. The Hall–Kier alpha value is -1.94. The van der Waals surface area contributed by atoms with Crippen LogP contribution in [0, 0.1) is 17.8 Å². The molecule has 102 heavy (non-hydrogen) atoms. The average Bonchev–Trinajstić information content (AvgIpc) is 0.911. The Morgan fingerprint density at radius 1 is 0.265 bits per heavy atom. The lowest BCUT2D eigenvalue weighted by atomic mass is 10.0. The number of phosphoric ester groups is 2. The minimum Gasteiger partial charge on any atom is -0.462 e. The molecule has 0 aliphatic heterocycles. The van der Waals surface area contributed by atoms with Crippen LogP contribution in [0.25, 0.3) is 0 Å². The van der Waals surface area contributed by atoms with Crippen LogP contribution in [0.1, 0.15) is 434 Å². The van der Waals surface area contributed by atoms with Gasteiger partial charge in [0, 0.05) is 25.7 Å². The van der Waals surface area contributed by atoms with E-state index < -0.39 is 97.5 Å². The van der Waals surface area contributed by atoms with Crippen LogP contribution in [0.4, 0.5) is 0 Å². The Morgan fingerprint density at radius 2 is 0.451 bits per heavy atom. The van der Waals surface area contributed by atoms with Gasteiger partial charge in [0.1, 0.15) is 19.3 Å². The molecule has 0 heterocycles. The number of phosphoric acid groups is 2. The van der Waals surface area contributed by atoms with Crippen LogP contribution in [0.3, 0.4) is 0 Å². The van der Waals surface area contributed by atoms with Crippen LogP contribution in [0.5, 0.6) is 0 Å². The SMILES string of the molecule is CCCCCCCCCCCCCCCCCCCCCCC(=O)O[C@H](COC(=O)CCCCCCCCCCCCCCCCC(C)C)COP(=O)(O)OC[C@@H](O)COP(=O)(O)OC[C@@H](COC(=O)CCCCCCCCCCC(C)C)OC(=O)CCCCCCCCCCCCCC(C)C. The molecule has 0 fully saturated rings. The third-order valence-electron chi connectivity index (χ3n) is 19.4. The molecule has 17 nitrogen and oxygen atoms in total. The number of rotatable bonds is 81. The van der Waals surface area contributed by atoms with Crippen molar-refractivity contribution in [2.75, 3.05) is 39.6 Å². The molecule has 606 valence electrons. The van der Waals surface area contributed by atoms with E-state index in [4.69, 9.17) is 37.0 Å². The van der Waals surface area contributed by atoms with E-state index in [1.807, 2.05) is 0 Å². The maximum absolute atomic E-state index is 13.1. The standard InChI is InChI=1S/C83H162O17P2/c1-8-9-10-11-12-13-14-15-16-17-18-19-20-21-26-31-36-45-52-59-66-82(87)99-78(70-93-80(85)64-57-50-43-35-30-25-23-22-24-28-33-40-47-54-61-74(2)3)72-97-101(89,90)95-68-77(84)69-96-102(91,92)98-73-79(71-94-81(86)65-58-51-44-39-38-42-49-56-63-76(6)7)100-83(88)67-60-53-46-37-32-27-29-34-41-48-55-62-75(4)5/h74-79,84H,8-73H2,1-7H3,(H,89,90)(H,91,92)/t77-,78-,79-/m1/s1. The molecule has 3 N–H and O–H groups in total. The lowest BCUT2D eigenvalue weighted by Crippen LogP contribution is -2.30. The number of esters is 4. The smallest absolute Gasteiger partial charge is 0.462 e. The molecule has 0 aliphatic rings. The molecule has 0 aromatic heterocycles. The van der Waals surface area contributed by atoms with Gasteiger partial charge < -0.3 is 33.8 Å².